The van der Waals surface area contributed by atoms with Gasteiger partial charge in [0.15, 0.2) is 6.23 Å². The minimum absolute atomic E-state index is 0.0140. The molecule has 1 saturated heterocycles. The number of allylic oxidation sites excluding steroid dienone is 2. The minimum Gasteiger partial charge on any atom is -0.481 e. The maximum atomic E-state index is 11.2. The molecule has 152 valence electrons. The summed E-state index contributed by atoms with van der Waals surface area (Å²) in [7, 11) is 0. The number of carbonyl (C=O) groups is 4. The van der Waals surface area contributed by atoms with Gasteiger partial charge in [-0.15, -0.1) is 0 Å². The molecular formula is C17H27N2O8+. The Kier molecular flexibility index (Phi) is 11.3. The predicted molar refractivity (Wildman–Crippen MR) is 93.4 cm³/mol. The SMILES string of the molecule is CC(=O)O.CC(=O)O.CC(=O)OCC1CC[C@H]([NH+]2C=CC=C(C(N)=O)C2)O1. The van der Waals surface area contributed by atoms with Crippen molar-refractivity contribution in [3.63, 3.8) is 0 Å². The molecule has 0 aliphatic carbocycles. The van der Waals surface area contributed by atoms with Crippen LogP contribution in [0.25, 0.3) is 0 Å². The summed E-state index contributed by atoms with van der Waals surface area (Å²) in [4.78, 5) is 41.0. The molecule has 0 aromatic carbocycles. The number of rotatable bonds is 4. The van der Waals surface area contributed by atoms with E-state index in [9.17, 15) is 9.59 Å². The second kappa shape index (κ2) is 12.6. The van der Waals surface area contributed by atoms with Crippen LogP contribution in [0.15, 0.2) is 23.9 Å². The highest BCUT2D eigenvalue weighted by Gasteiger charge is 2.34. The molecule has 0 aromatic rings. The number of hydrogen-bond acceptors (Lipinski definition) is 6. The van der Waals surface area contributed by atoms with Gasteiger partial charge >= 0.3 is 5.97 Å². The average molecular weight is 387 g/mol. The normalized spacial score (nSPS) is 22.9. The summed E-state index contributed by atoms with van der Waals surface area (Å²) >= 11 is 0. The summed E-state index contributed by atoms with van der Waals surface area (Å²) in [6.45, 7) is 4.38. The van der Waals surface area contributed by atoms with Gasteiger partial charge in [-0.25, -0.2) is 0 Å². The number of nitrogens with one attached hydrogen (secondary N) is 1. The van der Waals surface area contributed by atoms with Crippen LogP contribution in [0.3, 0.4) is 0 Å². The highest BCUT2D eigenvalue weighted by Crippen LogP contribution is 2.17. The van der Waals surface area contributed by atoms with Gasteiger partial charge in [0.2, 0.25) is 5.91 Å². The molecule has 2 aliphatic heterocycles. The third kappa shape index (κ3) is 12.3. The molecule has 3 atom stereocenters. The van der Waals surface area contributed by atoms with E-state index in [0.29, 0.717) is 18.7 Å². The number of primary amides is 1. The number of esters is 1. The van der Waals surface area contributed by atoms with Crippen molar-refractivity contribution in [3.05, 3.63) is 23.9 Å². The lowest BCUT2D eigenvalue weighted by Crippen LogP contribution is -3.12. The van der Waals surface area contributed by atoms with Crippen LogP contribution in [0, 0.1) is 0 Å². The maximum absolute atomic E-state index is 11.2. The number of ether oxygens (including phenoxy) is 2. The maximum Gasteiger partial charge on any atom is 0.302 e. The van der Waals surface area contributed by atoms with E-state index in [2.05, 4.69) is 0 Å². The summed E-state index contributed by atoms with van der Waals surface area (Å²) in [6, 6.07) is 0. The Morgan fingerprint density at radius 3 is 2.22 bits per heavy atom. The Morgan fingerprint density at radius 2 is 1.74 bits per heavy atom. The van der Waals surface area contributed by atoms with E-state index in [-0.39, 0.29) is 18.3 Å². The fourth-order valence-corrected chi connectivity index (χ4v) is 2.33. The first-order chi connectivity index (χ1) is 12.5. The van der Waals surface area contributed by atoms with Crippen LogP contribution in [0.4, 0.5) is 0 Å². The quantitative estimate of drug-likeness (QED) is 0.450. The molecule has 1 fully saturated rings. The average Bonchev–Trinajstić information content (AvgIpc) is 3.01. The van der Waals surface area contributed by atoms with Crippen molar-refractivity contribution in [2.45, 2.75) is 45.9 Å². The number of quaternary nitrogens is 1. The molecule has 1 amide bonds. The third-order valence-corrected chi connectivity index (χ3v) is 3.31. The van der Waals surface area contributed by atoms with Gasteiger partial charge in [-0.3, -0.25) is 24.1 Å². The van der Waals surface area contributed by atoms with Gasteiger partial charge in [0.05, 0.1) is 17.9 Å². The number of hydrogen-bond donors (Lipinski definition) is 4. The number of aliphatic carboxylic acids is 2. The Labute approximate surface area is 157 Å². The molecule has 2 heterocycles. The third-order valence-electron chi connectivity index (χ3n) is 3.31. The molecule has 10 nitrogen and oxygen atoms in total. The number of carbonyl (C=O) groups excluding carboxylic acids is 2. The van der Waals surface area contributed by atoms with Crippen LogP contribution < -0.4 is 10.6 Å². The van der Waals surface area contributed by atoms with Gasteiger partial charge in [-0.2, -0.15) is 0 Å². The monoisotopic (exact) mass is 387 g/mol. The van der Waals surface area contributed by atoms with Crippen LogP contribution >= 0.6 is 0 Å². The molecule has 0 aromatic heterocycles. The van der Waals surface area contributed by atoms with E-state index in [4.69, 9.17) is 35.0 Å². The number of carboxylic acids is 2. The first kappa shape index (κ1) is 24.3. The van der Waals surface area contributed by atoms with Crippen LogP contribution in [-0.2, 0) is 28.7 Å². The molecule has 5 N–H and O–H groups in total. The highest BCUT2D eigenvalue weighted by atomic mass is 16.6. The summed E-state index contributed by atoms with van der Waals surface area (Å²) in [5.41, 5.74) is 5.89. The van der Waals surface area contributed by atoms with Gasteiger partial charge in [0.1, 0.15) is 13.2 Å². The van der Waals surface area contributed by atoms with Crippen molar-refractivity contribution in [1.82, 2.24) is 0 Å². The number of nitrogens with two attached hydrogens (primary N) is 1. The second-order valence-corrected chi connectivity index (χ2v) is 5.83. The van der Waals surface area contributed by atoms with E-state index < -0.39 is 17.8 Å². The molecule has 0 spiro atoms. The van der Waals surface area contributed by atoms with Crippen molar-refractivity contribution in [2.75, 3.05) is 13.2 Å². The van der Waals surface area contributed by atoms with E-state index in [1.807, 2.05) is 12.3 Å². The van der Waals surface area contributed by atoms with Gasteiger partial charge in [0, 0.05) is 27.2 Å². The summed E-state index contributed by atoms with van der Waals surface area (Å²) in [5.74, 6) is -2.35. The van der Waals surface area contributed by atoms with Crippen LogP contribution in [0.5, 0.6) is 0 Å². The van der Waals surface area contributed by atoms with E-state index >= 15 is 0 Å². The molecule has 2 aliphatic rings. The molecule has 2 unspecified atom stereocenters. The Balaban J connectivity index is 0.000000718. The molecular weight excluding hydrogens is 360 g/mol. The molecule has 10 heteroatoms. The minimum atomic E-state index is -0.833. The summed E-state index contributed by atoms with van der Waals surface area (Å²) in [6.07, 6.45) is 7.17. The van der Waals surface area contributed by atoms with Crippen LogP contribution in [-0.4, -0.2) is 59.5 Å². The van der Waals surface area contributed by atoms with Crippen molar-refractivity contribution >= 4 is 23.8 Å². The molecule has 0 radical (unpaired) electrons. The highest BCUT2D eigenvalue weighted by molar-refractivity contribution is 5.92. The largest absolute Gasteiger partial charge is 0.481 e. The zero-order valence-electron chi connectivity index (χ0n) is 15.6. The zero-order valence-corrected chi connectivity index (χ0v) is 15.6. The van der Waals surface area contributed by atoms with Crippen molar-refractivity contribution in [3.8, 4) is 0 Å². The van der Waals surface area contributed by atoms with Gasteiger partial charge in [-0.1, -0.05) is 0 Å². The predicted octanol–water partition coefficient (Wildman–Crippen LogP) is -0.940. The standard InChI is InChI=1S/C13H18N2O4.2C2H4O2/c1-9(16)18-8-11-4-5-12(19-11)15-6-2-3-10(7-15)13(14)17;2*1-2(3)4/h2-3,6,11-12H,4-5,7-8H2,1H3,(H2,14,17);2*1H3,(H,3,4)/p+1/t11?,12-;;/m1../s1. The van der Waals surface area contributed by atoms with E-state index in [0.717, 1.165) is 31.6 Å². The lowest BCUT2D eigenvalue weighted by molar-refractivity contribution is -0.894. The van der Waals surface area contributed by atoms with Crippen molar-refractivity contribution in [2.24, 2.45) is 5.73 Å². The van der Waals surface area contributed by atoms with Gasteiger partial charge in [-0.05, 0) is 18.6 Å². The molecule has 0 saturated carbocycles. The summed E-state index contributed by atoms with van der Waals surface area (Å²) in [5, 5.41) is 14.8. The van der Waals surface area contributed by atoms with Crippen LogP contribution in [0.1, 0.15) is 33.6 Å². The second-order valence-electron chi connectivity index (χ2n) is 5.83. The lowest BCUT2D eigenvalue weighted by atomic mass is 10.1. The van der Waals surface area contributed by atoms with Gasteiger partial charge < -0.3 is 25.4 Å². The first-order valence-electron chi connectivity index (χ1n) is 8.23. The van der Waals surface area contributed by atoms with E-state index in [1.54, 1.807) is 6.08 Å². The topological polar surface area (TPSA) is 158 Å². The molecule has 27 heavy (non-hydrogen) atoms. The number of amides is 1. The lowest BCUT2D eigenvalue weighted by Gasteiger charge is -2.24. The fraction of sp³-hybridized carbons (Fsp3) is 0.529. The first-order valence-corrected chi connectivity index (χ1v) is 8.23. The van der Waals surface area contributed by atoms with Gasteiger partial charge in [0.25, 0.3) is 11.9 Å². The fourth-order valence-electron chi connectivity index (χ4n) is 2.33. The van der Waals surface area contributed by atoms with Crippen LogP contribution in [0.2, 0.25) is 0 Å². The number of carboxylic acid groups (broad SMARTS) is 2. The zero-order chi connectivity index (χ0) is 21.0. The van der Waals surface area contributed by atoms with E-state index in [1.165, 1.54) is 6.92 Å². The smallest absolute Gasteiger partial charge is 0.302 e. The Bertz CT molecular complexity index is 580. The van der Waals surface area contributed by atoms with Crippen molar-refractivity contribution < 1.29 is 43.8 Å². The Morgan fingerprint density at radius 1 is 1.19 bits per heavy atom. The summed E-state index contributed by atoms with van der Waals surface area (Å²) < 4.78 is 10.8. The molecule has 2 rings (SSSR count). The molecule has 0 bridgehead atoms. The van der Waals surface area contributed by atoms with Crippen molar-refractivity contribution in [1.29, 1.82) is 0 Å². The Hall–Kier alpha value is -2.72.